The van der Waals surface area contributed by atoms with Crippen LogP contribution >= 0.6 is 0 Å². The summed E-state index contributed by atoms with van der Waals surface area (Å²) < 4.78 is 5.84. The molecule has 0 aromatic carbocycles. The summed E-state index contributed by atoms with van der Waals surface area (Å²) in [5.74, 6) is 2.55. The molecule has 1 aliphatic rings. The van der Waals surface area contributed by atoms with Crippen molar-refractivity contribution in [1.82, 2.24) is 15.0 Å². The SMILES string of the molecule is Cc1ccc(C2CC2COc2nc(C)ncc2C)nc1. The van der Waals surface area contributed by atoms with Gasteiger partial charge in [0.25, 0.3) is 0 Å². The highest BCUT2D eigenvalue weighted by Crippen LogP contribution is 2.46. The molecule has 1 saturated carbocycles. The van der Waals surface area contributed by atoms with Crippen LogP contribution in [0.1, 0.15) is 35.0 Å². The first-order chi connectivity index (χ1) is 9.63. The molecule has 0 saturated heterocycles. The van der Waals surface area contributed by atoms with E-state index in [2.05, 4.69) is 34.0 Å². The van der Waals surface area contributed by atoms with Gasteiger partial charge in [-0.05, 0) is 38.8 Å². The maximum Gasteiger partial charge on any atom is 0.219 e. The van der Waals surface area contributed by atoms with Gasteiger partial charge >= 0.3 is 0 Å². The van der Waals surface area contributed by atoms with E-state index < -0.39 is 0 Å². The lowest BCUT2D eigenvalue weighted by Gasteiger charge is -2.08. The first kappa shape index (κ1) is 13.0. The van der Waals surface area contributed by atoms with E-state index >= 15 is 0 Å². The number of ether oxygens (including phenoxy) is 1. The van der Waals surface area contributed by atoms with Gasteiger partial charge < -0.3 is 4.74 Å². The number of hydrogen-bond acceptors (Lipinski definition) is 4. The summed E-state index contributed by atoms with van der Waals surface area (Å²) in [6.45, 7) is 6.62. The highest BCUT2D eigenvalue weighted by molar-refractivity contribution is 5.23. The van der Waals surface area contributed by atoms with E-state index in [-0.39, 0.29) is 0 Å². The molecule has 0 N–H and O–H groups in total. The average Bonchev–Trinajstić information content (AvgIpc) is 3.20. The predicted octanol–water partition coefficient (Wildman–Crippen LogP) is 2.98. The third kappa shape index (κ3) is 2.79. The van der Waals surface area contributed by atoms with Crippen LogP contribution in [0.2, 0.25) is 0 Å². The molecule has 1 fully saturated rings. The molecule has 2 heterocycles. The zero-order chi connectivity index (χ0) is 14.1. The lowest BCUT2D eigenvalue weighted by Crippen LogP contribution is -2.05. The molecule has 2 unspecified atom stereocenters. The van der Waals surface area contributed by atoms with Crippen molar-refractivity contribution in [3.63, 3.8) is 0 Å². The van der Waals surface area contributed by atoms with Crippen LogP contribution in [0.25, 0.3) is 0 Å². The molecule has 2 aromatic rings. The number of hydrogen-bond donors (Lipinski definition) is 0. The van der Waals surface area contributed by atoms with Crippen LogP contribution < -0.4 is 4.74 Å². The Bertz CT molecular complexity index is 610. The van der Waals surface area contributed by atoms with Gasteiger partial charge in [0, 0.05) is 35.5 Å². The van der Waals surface area contributed by atoms with Crippen molar-refractivity contribution >= 4 is 0 Å². The summed E-state index contributed by atoms with van der Waals surface area (Å²) in [6, 6.07) is 4.25. The van der Waals surface area contributed by atoms with Crippen molar-refractivity contribution in [2.24, 2.45) is 5.92 Å². The Kier molecular flexibility index (Phi) is 3.38. The number of aromatic nitrogens is 3. The van der Waals surface area contributed by atoms with Crippen molar-refractivity contribution in [2.75, 3.05) is 6.61 Å². The first-order valence-electron chi connectivity index (χ1n) is 6.99. The molecule has 4 heteroatoms. The van der Waals surface area contributed by atoms with Crippen molar-refractivity contribution in [2.45, 2.75) is 33.1 Å². The summed E-state index contributed by atoms with van der Waals surface area (Å²) in [7, 11) is 0. The van der Waals surface area contributed by atoms with E-state index in [0.29, 0.717) is 24.3 Å². The van der Waals surface area contributed by atoms with Crippen LogP contribution in [0.4, 0.5) is 0 Å². The van der Waals surface area contributed by atoms with E-state index in [1.54, 1.807) is 0 Å². The van der Waals surface area contributed by atoms with Crippen molar-refractivity contribution < 1.29 is 4.74 Å². The lowest BCUT2D eigenvalue weighted by molar-refractivity contribution is 0.282. The third-order valence-electron chi connectivity index (χ3n) is 3.72. The monoisotopic (exact) mass is 269 g/mol. The van der Waals surface area contributed by atoms with Gasteiger partial charge in [0.05, 0.1) is 6.61 Å². The third-order valence-corrected chi connectivity index (χ3v) is 3.72. The number of aryl methyl sites for hydroxylation is 3. The van der Waals surface area contributed by atoms with Crippen molar-refractivity contribution in [3.05, 3.63) is 47.2 Å². The van der Waals surface area contributed by atoms with E-state index in [9.17, 15) is 0 Å². The molecule has 0 bridgehead atoms. The second-order valence-electron chi connectivity index (χ2n) is 5.58. The second-order valence-corrected chi connectivity index (χ2v) is 5.58. The summed E-state index contributed by atoms with van der Waals surface area (Å²) in [6.07, 6.45) is 4.90. The zero-order valence-electron chi connectivity index (χ0n) is 12.1. The molecule has 0 aliphatic heterocycles. The Morgan fingerprint density at radius 2 is 2.00 bits per heavy atom. The van der Waals surface area contributed by atoms with E-state index in [1.807, 2.05) is 26.2 Å². The van der Waals surface area contributed by atoms with Crippen molar-refractivity contribution in [3.8, 4) is 5.88 Å². The Balaban J connectivity index is 1.58. The lowest BCUT2D eigenvalue weighted by atomic mass is 10.2. The van der Waals surface area contributed by atoms with E-state index in [1.165, 1.54) is 11.3 Å². The summed E-state index contributed by atoms with van der Waals surface area (Å²) >= 11 is 0. The summed E-state index contributed by atoms with van der Waals surface area (Å²) in [4.78, 5) is 13.0. The number of pyridine rings is 1. The Labute approximate surface area is 119 Å². The summed E-state index contributed by atoms with van der Waals surface area (Å²) in [5.41, 5.74) is 3.37. The topological polar surface area (TPSA) is 47.9 Å². The molecule has 1 aliphatic carbocycles. The minimum Gasteiger partial charge on any atom is -0.477 e. The van der Waals surface area contributed by atoms with Crippen molar-refractivity contribution in [1.29, 1.82) is 0 Å². The second kappa shape index (κ2) is 5.19. The first-order valence-corrected chi connectivity index (χ1v) is 6.99. The molecular formula is C16H19N3O. The Hall–Kier alpha value is -1.97. The van der Waals surface area contributed by atoms with Gasteiger partial charge in [0.1, 0.15) is 5.82 Å². The maximum atomic E-state index is 5.84. The molecule has 0 spiro atoms. The highest BCUT2D eigenvalue weighted by atomic mass is 16.5. The fraction of sp³-hybridized carbons (Fsp3) is 0.438. The molecular weight excluding hydrogens is 250 g/mol. The van der Waals surface area contributed by atoms with Gasteiger partial charge in [0.2, 0.25) is 5.88 Å². The number of rotatable bonds is 4. The quantitative estimate of drug-likeness (QED) is 0.856. The molecule has 104 valence electrons. The fourth-order valence-electron chi connectivity index (χ4n) is 2.33. The van der Waals surface area contributed by atoms with Crippen LogP contribution in [0.5, 0.6) is 5.88 Å². The fourth-order valence-corrected chi connectivity index (χ4v) is 2.33. The molecule has 2 aromatic heterocycles. The molecule has 20 heavy (non-hydrogen) atoms. The predicted molar refractivity (Wildman–Crippen MR) is 76.8 cm³/mol. The molecule has 0 radical (unpaired) electrons. The van der Waals surface area contributed by atoms with Gasteiger partial charge in [-0.15, -0.1) is 0 Å². The van der Waals surface area contributed by atoms with Gasteiger partial charge in [-0.1, -0.05) is 6.07 Å². The van der Waals surface area contributed by atoms with E-state index in [4.69, 9.17) is 4.74 Å². The smallest absolute Gasteiger partial charge is 0.219 e. The highest BCUT2D eigenvalue weighted by Gasteiger charge is 2.40. The molecule has 2 atom stereocenters. The van der Waals surface area contributed by atoms with Crippen LogP contribution in [-0.4, -0.2) is 21.6 Å². The standard InChI is InChI=1S/C16H19N3O/c1-10-4-5-15(18-7-10)14-6-13(14)9-20-16-11(2)8-17-12(3)19-16/h4-5,7-8,13-14H,6,9H2,1-3H3. The molecule has 0 amide bonds. The van der Waals surface area contributed by atoms with Gasteiger partial charge in [-0.3, -0.25) is 4.98 Å². The zero-order valence-corrected chi connectivity index (χ0v) is 12.1. The van der Waals surface area contributed by atoms with Crippen LogP contribution in [0.15, 0.2) is 24.5 Å². The minimum atomic E-state index is 0.541. The molecule has 4 nitrogen and oxygen atoms in total. The van der Waals surface area contributed by atoms with Crippen LogP contribution in [0, 0.1) is 26.7 Å². The van der Waals surface area contributed by atoms with E-state index in [0.717, 1.165) is 17.8 Å². The van der Waals surface area contributed by atoms with Crippen LogP contribution in [-0.2, 0) is 0 Å². The Morgan fingerprint density at radius 3 is 2.75 bits per heavy atom. The minimum absolute atomic E-state index is 0.541. The summed E-state index contributed by atoms with van der Waals surface area (Å²) in [5, 5.41) is 0. The van der Waals surface area contributed by atoms with Gasteiger partial charge in [0.15, 0.2) is 0 Å². The molecule has 3 rings (SSSR count). The maximum absolute atomic E-state index is 5.84. The number of nitrogens with zero attached hydrogens (tertiary/aromatic N) is 3. The van der Waals surface area contributed by atoms with Gasteiger partial charge in [-0.2, -0.15) is 4.98 Å². The average molecular weight is 269 g/mol. The van der Waals surface area contributed by atoms with Crippen LogP contribution in [0.3, 0.4) is 0 Å². The van der Waals surface area contributed by atoms with Gasteiger partial charge in [-0.25, -0.2) is 4.98 Å². The Morgan fingerprint density at radius 1 is 1.15 bits per heavy atom. The largest absolute Gasteiger partial charge is 0.477 e. The normalized spacial score (nSPS) is 20.8.